The van der Waals surface area contributed by atoms with Gasteiger partial charge in [0, 0.05) is 15.6 Å². The van der Waals surface area contributed by atoms with Gasteiger partial charge in [0.15, 0.2) is 0 Å². The highest BCUT2D eigenvalue weighted by Crippen LogP contribution is 2.34. The molecule has 3 nitrogen and oxygen atoms in total. The number of carbonyl (C=O) groups is 1. The van der Waals surface area contributed by atoms with E-state index in [0.717, 1.165) is 6.54 Å². The van der Waals surface area contributed by atoms with Crippen molar-refractivity contribution in [2.75, 3.05) is 13.2 Å². The molecular weight excluding hydrogens is 297 g/mol. The highest BCUT2D eigenvalue weighted by molar-refractivity contribution is 6.35. The van der Waals surface area contributed by atoms with Gasteiger partial charge in [-0.3, -0.25) is 5.32 Å². The normalized spacial score (nSPS) is 17.6. The summed E-state index contributed by atoms with van der Waals surface area (Å²) in [5, 5.41) is 4.33. The average Bonchev–Trinajstić information content (AvgIpc) is 3.20. The van der Waals surface area contributed by atoms with Gasteiger partial charge in [-0.25, -0.2) is 4.79 Å². The summed E-state index contributed by atoms with van der Waals surface area (Å²) in [6, 6.07) is 5.16. The first kappa shape index (κ1) is 15.6. The number of hydrogen-bond donors (Lipinski definition) is 1. The van der Waals surface area contributed by atoms with Gasteiger partial charge in [-0.05, 0) is 51.3 Å². The molecule has 2 rings (SSSR count). The van der Waals surface area contributed by atoms with Crippen molar-refractivity contribution in [2.24, 2.45) is 5.92 Å². The van der Waals surface area contributed by atoms with Crippen LogP contribution < -0.4 is 5.32 Å². The van der Waals surface area contributed by atoms with E-state index in [2.05, 4.69) is 5.32 Å². The van der Waals surface area contributed by atoms with Crippen LogP contribution in [0.25, 0.3) is 0 Å². The largest absolute Gasteiger partial charge is 0.464 e. The van der Waals surface area contributed by atoms with Crippen molar-refractivity contribution in [2.45, 2.75) is 32.2 Å². The minimum Gasteiger partial charge on any atom is -0.464 e. The van der Waals surface area contributed by atoms with Gasteiger partial charge < -0.3 is 4.74 Å². The molecule has 0 saturated heterocycles. The summed E-state index contributed by atoms with van der Waals surface area (Å²) >= 11 is 12.2. The highest BCUT2D eigenvalue weighted by atomic mass is 35.5. The van der Waals surface area contributed by atoms with Crippen molar-refractivity contribution in [3.8, 4) is 0 Å². The lowest BCUT2D eigenvalue weighted by Gasteiger charge is -2.30. The molecule has 1 aromatic rings. The number of rotatable bonds is 6. The summed E-state index contributed by atoms with van der Waals surface area (Å²) < 4.78 is 5.21. The van der Waals surface area contributed by atoms with E-state index in [1.54, 1.807) is 25.1 Å². The third-order valence-corrected chi connectivity index (χ3v) is 4.14. The molecule has 20 heavy (non-hydrogen) atoms. The summed E-state index contributed by atoms with van der Waals surface area (Å²) in [6.45, 7) is 4.73. The van der Waals surface area contributed by atoms with Crippen LogP contribution >= 0.6 is 23.2 Å². The number of hydrogen-bond acceptors (Lipinski definition) is 3. The first-order chi connectivity index (χ1) is 9.47. The monoisotopic (exact) mass is 315 g/mol. The maximum atomic E-state index is 12.4. The van der Waals surface area contributed by atoms with Crippen molar-refractivity contribution in [3.63, 3.8) is 0 Å². The minimum absolute atomic E-state index is 0.315. The molecule has 1 saturated carbocycles. The molecule has 110 valence electrons. The number of benzene rings is 1. The summed E-state index contributed by atoms with van der Waals surface area (Å²) in [6.07, 6.45) is 2.42. The van der Waals surface area contributed by atoms with Crippen molar-refractivity contribution in [1.82, 2.24) is 5.32 Å². The smallest absolute Gasteiger partial charge is 0.330 e. The number of ether oxygens (including phenoxy) is 1. The number of esters is 1. The quantitative estimate of drug-likeness (QED) is 0.812. The van der Waals surface area contributed by atoms with Gasteiger partial charge in [-0.15, -0.1) is 0 Å². The molecule has 1 fully saturated rings. The lowest BCUT2D eigenvalue weighted by atomic mass is 9.91. The summed E-state index contributed by atoms with van der Waals surface area (Å²) in [5.74, 6) is 0.333. The molecule has 0 bridgehead atoms. The van der Waals surface area contributed by atoms with E-state index in [0.29, 0.717) is 28.1 Å². The van der Waals surface area contributed by atoms with Crippen LogP contribution in [0.15, 0.2) is 18.2 Å². The number of carbonyl (C=O) groups excluding carboxylic acids is 1. The molecule has 0 aromatic heterocycles. The van der Waals surface area contributed by atoms with Crippen LogP contribution in [0.2, 0.25) is 10.0 Å². The second-order valence-electron chi connectivity index (χ2n) is 5.29. The Kier molecular flexibility index (Phi) is 4.95. The van der Waals surface area contributed by atoms with E-state index in [9.17, 15) is 4.79 Å². The Morgan fingerprint density at radius 3 is 2.70 bits per heavy atom. The lowest BCUT2D eigenvalue weighted by Crippen LogP contribution is -2.48. The fourth-order valence-electron chi connectivity index (χ4n) is 2.12. The summed E-state index contributed by atoms with van der Waals surface area (Å²) in [7, 11) is 0. The Morgan fingerprint density at radius 2 is 2.15 bits per heavy atom. The van der Waals surface area contributed by atoms with Gasteiger partial charge in [0.2, 0.25) is 0 Å². The molecule has 1 aliphatic rings. The maximum Gasteiger partial charge on any atom is 0.330 e. The van der Waals surface area contributed by atoms with Crippen LogP contribution in [0, 0.1) is 5.92 Å². The van der Waals surface area contributed by atoms with E-state index < -0.39 is 5.54 Å². The van der Waals surface area contributed by atoms with Crippen LogP contribution in [0.3, 0.4) is 0 Å². The first-order valence-corrected chi connectivity index (χ1v) is 7.60. The van der Waals surface area contributed by atoms with Gasteiger partial charge in [-0.1, -0.05) is 29.3 Å². The van der Waals surface area contributed by atoms with E-state index in [-0.39, 0.29) is 5.97 Å². The van der Waals surface area contributed by atoms with E-state index >= 15 is 0 Å². The third kappa shape index (κ3) is 3.46. The van der Waals surface area contributed by atoms with Crippen molar-refractivity contribution >= 4 is 29.2 Å². The zero-order valence-electron chi connectivity index (χ0n) is 11.7. The van der Waals surface area contributed by atoms with Gasteiger partial charge in [0.25, 0.3) is 0 Å². The standard InChI is InChI=1S/C15H19Cl2NO2/c1-3-20-14(19)15(2,18-9-10-4-5-10)12-7-6-11(16)8-13(12)17/h6-8,10,18H,3-5,9H2,1-2H3. The van der Waals surface area contributed by atoms with Gasteiger partial charge >= 0.3 is 5.97 Å². The van der Waals surface area contributed by atoms with Crippen LogP contribution in [-0.2, 0) is 15.1 Å². The molecular formula is C15H19Cl2NO2. The Balaban J connectivity index is 2.29. The van der Waals surface area contributed by atoms with E-state index in [4.69, 9.17) is 27.9 Å². The molecule has 1 N–H and O–H groups in total. The predicted molar refractivity (Wildman–Crippen MR) is 81.2 cm³/mol. The van der Waals surface area contributed by atoms with Gasteiger partial charge in [0.05, 0.1) is 6.61 Å². The molecule has 1 atom stereocenters. The van der Waals surface area contributed by atoms with Crippen LogP contribution in [0.1, 0.15) is 32.3 Å². The highest BCUT2D eigenvalue weighted by Gasteiger charge is 2.39. The van der Waals surface area contributed by atoms with Gasteiger partial charge in [0.1, 0.15) is 5.54 Å². The molecule has 0 amide bonds. The second kappa shape index (κ2) is 6.33. The Morgan fingerprint density at radius 1 is 1.45 bits per heavy atom. The molecule has 0 aliphatic heterocycles. The Hall–Kier alpha value is -0.770. The Bertz CT molecular complexity index is 503. The summed E-state index contributed by atoms with van der Waals surface area (Å²) in [5.41, 5.74) is -0.247. The van der Waals surface area contributed by atoms with E-state index in [1.807, 2.05) is 6.92 Å². The molecule has 0 spiro atoms. The number of nitrogens with one attached hydrogen (secondary N) is 1. The SMILES string of the molecule is CCOC(=O)C(C)(NCC1CC1)c1ccc(Cl)cc1Cl. The lowest BCUT2D eigenvalue weighted by molar-refractivity contribution is -0.151. The molecule has 1 aliphatic carbocycles. The molecule has 5 heteroatoms. The van der Waals surface area contributed by atoms with Crippen LogP contribution in [0.4, 0.5) is 0 Å². The molecule has 1 aromatic carbocycles. The van der Waals surface area contributed by atoms with Crippen molar-refractivity contribution < 1.29 is 9.53 Å². The van der Waals surface area contributed by atoms with Crippen LogP contribution in [0.5, 0.6) is 0 Å². The number of halogens is 2. The predicted octanol–water partition coefficient (Wildman–Crippen LogP) is 3.77. The van der Waals surface area contributed by atoms with Gasteiger partial charge in [-0.2, -0.15) is 0 Å². The first-order valence-electron chi connectivity index (χ1n) is 6.85. The summed E-state index contributed by atoms with van der Waals surface area (Å²) in [4.78, 5) is 12.4. The fourth-order valence-corrected chi connectivity index (χ4v) is 2.72. The maximum absolute atomic E-state index is 12.4. The third-order valence-electron chi connectivity index (χ3n) is 3.59. The molecule has 0 radical (unpaired) electrons. The van der Waals surface area contributed by atoms with Crippen molar-refractivity contribution in [1.29, 1.82) is 0 Å². The average molecular weight is 316 g/mol. The molecule has 0 heterocycles. The van der Waals surface area contributed by atoms with E-state index in [1.165, 1.54) is 12.8 Å². The van der Waals surface area contributed by atoms with Crippen molar-refractivity contribution in [3.05, 3.63) is 33.8 Å². The zero-order chi connectivity index (χ0) is 14.8. The minimum atomic E-state index is -0.944. The second-order valence-corrected chi connectivity index (χ2v) is 6.14. The fraction of sp³-hybridized carbons (Fsp3) is 0.533. The van der Waals surface area contributed by atoms with Crippen LogP contribution in [-0.4, -0.2) is 19.1 Å². The Labute approximate surface area is 129 Å². The molecule has 1 unspecified atom stereocenters. The topological polar surface area (TPSA) is 38.3 Å². The zero-order valence-corrected chi connectivity index (χ0v) is 13.2.